The highest BCUT2D eigenvalue weighted by atomic mass is 79.9. The standard InChI is InChI=1S/C11H16BrN3/c1-14(2)9-5-7-15(8-9)11-10(12)4-3-6-13-11/h3-4,6,9H,5,7-8H2,1-2H3. The second-order valence-electron chi connectivity index (χ2n) is 4.16. The molecule has 82 valence electrons. The van der Waals surface area contributed by atoms with Gasteiger partial charge in [-0.15, -0.1) is 0 Å². The zero-order chi connectivity index (χ0) is 10.8. The molecule has 0 bridgehead atoms. The molecule has 0 aromatic carbocycles. The Morgan fingerprint density at radius 2 is 2.33 bits per heavy atom. The van der Waals surface area contributed by atoms with Gasteiger partial charge < -0.3 is 9.80 Å². The summed E-state index contributed by atoms with van der Waals surface area (Å²) in [6.45, 7) is 2.17. The number of anilines is 1. The van der Waals surface area contributed by atoms with E-state index < -0.39 is 0 Å². The lowest BCUT2D eigenvalue weighted by atomic mass is 10.2. The Morgan fingerprint density at radius 3 is 2.93 bits per heavy atom. The van der Waals surface area contributed by atoms with Crippen molar-refractivity contribution in [3.8, 4) is 0 Å². The van der Waals surface area contributed by atoms with Crippen LogP contribution in [-0.4, -0.2) is 43.1 Å². The highest BCUT2D eigenvalue weighted by Gasteiger charge is 2.25. The third-order valence-electron chi connectivity index (χ3n) is 2.93. The van der Waals surface area contributed by atoms with Gasteiger partial charge in [-0.05, 0) is 48.6 Å². The van der Waals surface area contributed by atoms with Gasteiger partial charge in [-0.25, -0.2) is 4.98 Å². The summed E-state index contributed by atoms with van der Waals surface area (Å²) in [6, 6.07) is 4.65. The van der Waals surface area contributed by atoms with Crippen molar-refractivity contribution in [1.82, 2.24) is 9.88 Å². The first kappa shape index (κ1) is 10.9. The molecule has 1 saturated heterocycles. The van der Waals surface area contributed by atoms with Crippen molar-refractivity contribution in [3.63, 3.8) is 0 Å². The van der Waals surface area contributed by atoms with Crippen LogP contribution >= 0.6 is 15.9 Å². The van der Waals surface area contributed by atoms with Crippen LogP contribution in [0.4, 0.5) is 5.82 Å². The van der Waals surface area contributed by atoms with E-state index in [-0.39, 0.29) is 0 Å². The van der Waals surface area contributed by atoms with Crippen LogP contribution in [0.15, 0.2) is 22.8 Å². The number of nitrogens with zero attached hydrogens (tertiary/aromatic N) is 3. The van der Waals surface area contributed by atoms with Gasteiger partial charge >= 0.3 is 0 Å². The van der Waals surface area contributed by atoms with Crippen molar-refractivity contribution in [1.29, 1.82) is 0 Å². The summed E-state index contributed by atoms with van der Waals surface area (Å²) in [4.78, 5) is 9.05. The highest BCUT2D eigenvalue weighted by molar-refractivity contribution is 9.10. The van der Waals surface area contributed by atoms with Gasteiger partial charge in [0.25, 0.3) is 0 Å². The smallest absolute Gasteiger partial charge is 0.142 e. The number of rotatable bonds is 2. The van der Waals surface area contributed by atoms with Crippen LogP contribution in [0.2, 0.25) is 0 Å². The molecule has 1 aromatic heterocycles. The zero-order valence-corrected chi connectivity index (χ0v) is 10.7. The van der Waals surface area contributed by atoms with Gasteiger partial charge in [0.05, 0.1) is 4.47 Å². The number of pyridine rings is 1. The minimum Gasteiger partial charge on any atom is -0.354 e. The molecule has 4 heteroatoms. The lowest BCUT2D eigenvalue weighted by Gasteiger charge is -2.21. The van der Waals surface area contributed by atoms with Crippen molar-refractivity contribution in [3.05, 3.63) is 22.8 Å². The summed E-state index contributed by atoms with van der Waals surface area (Å²) in [7, 11) is 4.28. The molecule has 3 nitrogen and oxygen atoms in total. The minimum atomic E-state index is 0.652. The van der Waals surface area contributed by atoms with Crippen LogP contribution < -0.4 is 4.90 Å². The average molecular weight is 270 g/mol. The number of halogens is 1. The SMILES string of the molecule is CN(C)C1CCN(c2ncccc2Br)C1. The monoisotopic (exact) mass is 269 g/mol. The zero-order valence-electron chi connectivity index (χ0n) is 9.15. The predicted molar refractivity (Wildman–Crippen MR) is 66.2 cm³/mol. The van der Waals surface area contributed by atoms with Crippen molar-refractivity contribution >= 4 is 21.7 Å². The molecule has 1 atom stereocenters. The number of hydrogen-bond acceptors (Lipinski definition) is 3. The Labute approximate surface area is 99.2 Å². The summed E-state index contributed by atoms with van der Waals surface area (Å²) in [5, 5.41) is 0. The predicted octanol–water partition coefficient (Wildman–Crippen LogP) is 1.98. The largest absolute Gasteiger partial charge is 0.354 e. The minimum absolute atomic E-state index is 0.652. The van der Waals surface area contributed by atoms with E-state index in [1.165, 1.54) is 6.42 Å². The first-order valence-corrected chi connectivity index (χ1v) is 5.99. The van der Waals surface area contributed by atoms with E-state index in [9.17, 15) is 0 Å². The maximum Gasteiger partial charge on any atom is 0.142 e. The van der Waals surface area contributed by atoms with E-state index >= 15 is 0 Å². The Hall–Kier alpha value is -0.610. The summed E-state index contributed by atoms with van der Waals surface area (Å²) in [5.41, 5.74) is 0. The molecule has 0 saturated carbocycles. The van der Waals surface area contributed by atoms with E-state index in [1.807, 2.05) is 18.3 Å². The first-order valence-electron chi connectivity index (χ1n) is 5.20. The summed E-state index contributed by atoms with van der Waals surface area (Å²) in [5.74, 6) is 1.07. The van der Waals surface area contributed by atoms with E-state index in [1.54, 1.807) is 0 Å². The van der Waals surface area contributed by atoms with E-state index in [4.69, 9.17) is 0 Å². The van der Waals surface area contributed by atoms with Gasteiger partial charge in [0.1, 0.15) is 5.82 Å². The van der Waals surface area contributed by atoms with Crippen LogP contribution in [0.25, 0.3) is 0 Å². The molecular formula is C11H16BrN3. The second-order valence-corrected chi connectivity index (χ2v) is 5.02. The highest BCUT2D eigenvalue weighted by Crippen LogP contribution is 2.26. The van der Waals surface area contributed by atoms with Crippen molar-refractivity contribution in [2.24, 2.45) is 0 Å². The normalized spacial score (nSPS) is 21.3. The number of aromatic nitrogens is 1. The molecular weight excluding hydrogens is 254 g/mol. The topological polar surface area (TPSA) is 19.4 Å². The fourth-order valence-electron chi connectivity index (χ4n) is 1.97. The Kier molecular flexibility index (Phi) is 3.26. The van der Waals surface area contributed by atoms with Gasteiger partial charge in [0.2, 0.25) is 0 Å². The van der Waals surface area contributed by atoms with E-state index in [0.29, 0.717) is 6.04 Å². The third kappa shape index (κ3) is 2.32. The van der Waals surface area contributed by atoms with Crippen LogP contribution in [0.3, 0.4) is 0 Å². The molecule has 0 N–H and O–H groups in total. The van der Waals surface area contributed by atoms with Crippen LogP contribution in [-0.2, 0) is 0 Å². The third-order valence-corrected chi connectivity index (χ3v) is 3.55. The Balaban J connectivity index is 2.11. The Bertz CT molecular complexity index is 340. The molecule has 1 aliphatic rings. The lowest BCUT2D eigenvalue weighted by molar-refractivity contribution is 0.315. The molecule has 0 amide bonds. The summed E-state index contributed by atoms with van der Waals surface area (Å²) < 4.78 is 1.09. The number of hydrogen-bond donors (Lipinski definition) is 0. The molecule has 0 spiro atoms. The summed E-state index contributed by atoms with van der Waals surface area (Å²) >= 11 is 3.55. The average Bonchev–Trinajstić information content (AvgIpc) is 2.67. The molecule has 0 radical (unpaired) electrons. The Morgan fingerprint density at radius 1 is 1.53 bits per heavy atom. The fourth-order valence-corrected chi connectivity index (χ4v) is 2.47. The molecule has 1 unspecified atom stereocenters. The molecule has 0 aliphatic carbocycles. The quantitative estimate of drug-likeness (QED) is 0.819. The molecule has 2 rings (SSSR count). The van der Waals surface area contributed by atoms with E-state index in [2.05, 4.69) is 44.8 Å². The van der Waals surface area contributed by atoms with Crippen molar-refractivity contribution < 1.29 is 0 Å². The first-order chi connectivity index (χ1) is 7.18. The molecule has 1 aliphatic heterocycles. The molecule has 1 aromatic rings. The van der Waals surface area contributed by atoms with Gasteiger partial charge in [0.15, 0.2) is 0 Å². The maximum absolute atomic E-state index is 4.41. The lowest BCUT2D eigenvalue weighted by Crippen LogP contribution is -2.31. The second kappa shape index (κ2) is 4.49. The van der Waals surface area contributed by atoms with Crippen LogP contribution in [0, 0.1) is 0 Å². The molecule has 1 fully saturated rings. The molecule has 2 heterocycles. The maximum atomic E-state index is 4.41. The van der Waals surface area contributed by atoms with Crippen LogP contribution in [0.1, 0.15) is 6.42 Å². The van der Waals surface area contributed by atoms with Crippen LogP contribution in [0.5, 0.6) is 0 Å². The van der Waals surface area contributed by atoms with Crippen molar-refractivity contribution in [2.75, 3.05) is 32.1 Å². The van der Waals surface area contributed by atoms with Gasteiger partial charge in [0, 0.05) is 25.3 Å². The van der Waals surface area contributed by atoms with Gasteiger partial charge in [-0.2, -0.15) is 0 Å². The fraction of sp³-hybridized carbons (Fsp3) is 0.545. The number of likely N-dealkylation sites (N-methyl/N-ethyl adjacent to an activating group) is 1. The van der Waals surface area contributed by atoms with Gasteiger partial charge in [-0.3, -0.25) is 0 Å². The van der Waals surface area contributed by atoms with E-state index in [0.717, 1.165) is 23.4 Å². The van der Waals surface area contributed by atoms with Crippen molar-refractivity contribution in [2.45, 2.75) is 12.5 Å². The summed E-state index contributed by atoms with van der Waals surface area (Å²) in [6.07, 6.45) is 3.07. The molecule has 15 heavy (non-hydrogen) atoms. The van der Waals surface area contributed by atoms with Gasteiger partial charge in [-0.1, -0.05) is 0 Å².